The molecule has 3 nitrogen and oxygen atoms in total. The smallest absolute Gasteiger partial charge is 0.144 e. The van der Waals surface area contributed by atoms with E-state index in [-0.39, 0.29) is 0 Å². The van der Waals surface area contributed by atoms with Crippen molar-refractivity contribution < 1.29 is 0 Å². The molecule has 0 atom stereocenters. The average Bonchev–Trinajstić information content (AvgIpc) is 2.23. The molecule has 1 N–H and O–H groups in total. The van der Waals surface area contributed by atoms with Crippen LogP contribution >= 0.6 is 0 Å². The molecular weight excluding hydrogens is 186 g/mol. The van der Waals surface area contributed by atoms with Crippen molar-refractivity contribution in [2.75, 3.05) is 11.9 Å². The van der Waals surface area contributed by atoms with Crippen LogP contribution in [0, 0.1) is 26.2 Å². The van der Waals surface area contributed by atoms with Crippen LogP contribution in [0.3, 0.4) is 0 Å². The summed E-state index contributed by atoms with van der Waals surface area (Å²) in [6, 6.07) is 0. The standard InChI is InChI=1S/C12H17N3/c1-4-5-6-7-8-13-12-9-14-10(2)11(3)15-12/h1,9H,5-8H2,2-3H3,(H,13,15). The van der Waals surface area contributed by atoms with E-state index in [1.165, 1.54) is 0 Å². The molecule has 0 aliphatic rings. The fourth-order valence-electron chi connectivity index (χ4n) is 1.20. The van der Waals surface area contributed by atoms with Crippen LogP contribution in [0.4, 0.5) is 5.82 Å². The Hall–Kier alpha value is -1.56. The van der Waals surface area contributed by atoms with Crippen molar-refractivity contribution in [2.24, 2.45) is 0 Å². The van der Waals surface area contributed by atoms with Crippen LogP contribution in [0.2, 0.25) is 0 Å². The molecule has 15 heavy (non-hydrogen) atoms. The van der Waals surface area contributed by atoms with Crippen LogP contribution < -0.4 is 5.32 Å². The van der Waals surface area contributed by atoms with Crippen molar-refractivity contribution >= 4 is 5.82 Å². The molecule has 0 aliphatic carbocycles. The van der Waals surface area contributed by atoms with Crippen molar-refractivity contribution in [2.45, 2.75) is 33.1 Å². The van der Waals surface area contributed by atoms with Gasteiger partial charge in [-0.1, -0.05) is 0 Å². The van der Waals surface area contributed by atoms with Crippen LogP contribution in [-0.2, 0) is 0 Å². The summed E-state index contributed by atoms with van der Waals surface area (Å²) in [5, 5.41) is 3.23. The summed E-state index contributed by atoms with van der Waals surface area (Å²) in [4.78, 5) is 8.61. The summed E-state index contributed by atoms with van der Waals surface area (Å²) < 4.78 is 0. The monoisotopic (exact) mass is 203 g/mol. The Morgan fingerprint density at radius 1 is 1.33 bits per heavy atom. The SMILES string of the molecule is C#CCCCCNc1cnc(C)c(C)n1. The normalized spacial score (nSPS) is 9.67. The molecule has 0 unspecified atom stereocenters. The second-order valence-electron chi connectivity index (χ2n) is 3.51. The molecule has 1 aromatic heterocycles. The average molecular weight is 203 g/mol. The lowest BCUT2D eigenvalue weighted by Crippen LogP contribution is -2.05. The first-order valence-electron chi connectivity index (χ1n) is 5.21. The molecule has 1 rings (SSSR count). The summed E-state index contributed by atoms with van der Waals surface area (Å²) in [5.41, 5.74) is 1.96. The summed E-state index contributed by atoms with van der Waals surface area (Å²) in [5.74, 6) is 3.47. The minimum atomic E-state index is 0.846. The molecule has 0 saturated carbocycles. The van der Waals surface area contributed by atoms with Gasteiger partial charge < -0.3 is 5.32 Å². The van der Waals surface area contributed by atoms with Gasteiger partial charge in [-0.2, -0.15) is 0 Å². The molecule has 80 valence electrons. The Morgan fingerprint density at radius 2 is 2.13 bits per heavy atom. The van der Waals surface area contributed by atoms with E-state index in [0.29, 0.717) is 0 Å². The van der Waals surface area contributed by atoms with E-state index in [2.05, 4.69) is 21.2 Å². The van der Waals surface area contributed by atoms with Crippen molar-refractivity contribution in [1.82, 2.24) is 9.97 Å². The fourth-order valence-corrected chi connectivity index (χ4v) is 1.20. The number of hydrogen-bond donors (Lipinski definition) is 1. The predicted octanol–water partition coefficient (Wildman–Crippen LogP) is 2.31. The summed E-state index contributed by atoms with van der Waals surface area (Å²) in [6.45, 7) is 4.82. The molecule has 0 bridgehead atoms. The fraction of sp³-hybridized carbons (Fsp3) is 0.500. The third-order valence-corrected chi connectivity index (χ3v) is 2.25. The number of nitrogens with zero attached hydrogens (tertiary/aromatic N) is 2. The maximum Gasteiger partial charge on any atom is 0.144 e. The van der Waals surface area contributed by atoms with Gasteiger partial charge >= 0.3 is 0 Å². The highest BCUT2D eigenvalue weighted by Crippen LogP contribution is 2.05. The zero-order valence-corrected chi connectivity index (χ0v) is 9.38. The Kier molecular flexibility index (Phi) is 4.62. The van der Waals surface area contributed by atoms with Gasteiger partial charge in [0.15, 0.2) is 0 Å². The first-order chi connectivity index (χ1) is 7.24. The summed E-state index contributed by atoms with van der Waals surface area (Å²) in [6.07, 6.45) is 9.91. The van der Waals surface area contributed by atoms with Gasteiger partial charge in [0.25, 0.3) is 0 Å². The van der Waals surface area contributed by atoms with Gasteiger partial charge in [0.05, 0.1) is 17.6 Å². The third-order valence-electron chi connectivity index (χ3n) is 2.25. The van der Waals surface area contributed by atoms with Crippen LogP contribution in [0.5, 0.6) is 0 Å². The zero-order valence-electron chi connectivity index (χ0n) is 9.38. The molecule has 0 amide bonds. The van der Waals surface area contributed by atoms with E-state index in [0.717, 1.165) is 43.0 Å². The van der Waals surface area contributed by atoms with E-state index < -0.39 is 0 Å². The van der Waals surface area contributed by atoms with Crippen molar-refractivity contribution in [3.05, 3.63) is 17.6 Å². The number of anilines is 1. The first kappa shape index (κ1) is 11.5. The largest absolute Gasteiger partial charge is 0.369 e. The lowest BCUT2D eigenvalue weighted by molar-refractivity contribution is 0.786. The highest BCUT2D eigenvalue weighted by Gasteiger charge is 1.97. The first-order valence-corrected chi connectivity index (χ1v) is 5.21. The molecule has 1 aromatic rings. The van der Waals surface area contributed by atoms with Gasteiger partial charge in [-0.15, -0.1) is 12.3 Å². The maximum atomic E-state index is 5.17. The predicted molar refractivity (Wildman–Crippen MR) is 62.7 cm³/mol. The van der Waals surface area contributed by atoms with E-state index in [4.69, 9.17) is 6.42 Å². The molecular formula is C12H17N3. The number of terminal acetylenes is 1. The molecule has 0 aliphatic heterocycles. The quantitative estimate of drug-likeness (QED) is 0.589. The molecule has 3 heteroatoms. The number of unbranched alkanes of at least 4 members (excludes halogenated alkanes) is 2. The van der Waals surface area contributed by atoms with Crippen LogP contribution in [0.15, 0.2) is 6.20 Å². The Bertz CT molecular complexity index is 352. The number of aryl methyl sites for hydroxylation is 2. The van der Waals surface area contributed by atoms with Gasteiger partial charge in [-0.3, -0.25) is 4.98 Å². The number of hydrogen-bond acceptors (Lipinski definition) is 3. The van der Waals surface area contributed by atoms with Gasteiger partial charge in [0.2, 0.25) is 0 Å². The molecule has 0 fully saturated rings. The van der Waals surface area contributed by atoms with Gasteiger partial charge in [0, 0.05) is 13.0 Å². The lowest BCUT2D eigenvalue weighted by atomic mass is 10.2. The Labute approximate surface area is 91.3 Å². The van der Waals surface area contributed by atoms with E-state index in [1.807, 2.05) is 13.8 Å². The Balaban J connectivity index is 2.32. The van der Waals surface area contributed by atoms with Crippen LogP contribution in [0.25, 0.3) is 0 Å². The summed E-state index contributed by atoms with van der Waals surface area (Å²) in [7, 11) is 0. The Morgan fingerprint density at radius 3 is 2.80 bits per heavy atom. The number of aromatic nitrogens is 2. The lowest BCUT2D eigenvalue weighted by Gasteiger charge is -2.06. The molecule has 0 saturated heterocycles. The highest BCUT2D eigenvalue weighted by atomic mass is 15.0. The highest BCUT2D eigenvalue weighted by molar-refractivity contribution is 5.32. The van der Waals surface area contributed by atoms with Crippen LogP contribution in [0.1, 0.15) is 30.7 Å². The zero-order chi connectivity index (χ0) is 11.1. The van der Waals surface area contributed by atoms with E-state index in [1.54, 1.807) is 6.20 Å². The van der Waals surface area contributed by atoms with E-state index in [9.17, 15) is 0 Å². The molecule has 0 radical (unpaired) electrons. The molecule has 0 aromatic carbocycles. The van der Waals surface area contributed by atoms with Crippen molar-refractivity contribution in [1.29, 1.82) is 0 Å². The summed E-state index contributed by atoms with van der Waals surface area (Å²) >= 11 is 0. The second-order valence-corrected chi connectivity index (χ2v) is 3.51. The topological polar surface area (TPSA) is 37.8 Å². The minimum absolute atomic E-state index is 0.846. The second kappa shape index (κ2) is 6.02. The van der Waals surface area contributed by atoms with Gasteiger partial charge in [0.1, 0.15) is 5.82 Å². The van der Waals surface area contributed by atoms with E-state index >= 15 is 0 Å². The molecule has 1 heterocycles. The van der Waals surface area contributed by atoms with Gasteiger partial charge in [-0.05, 0) is 26.7 Å². The van der Waals surface area contributed by atoms with Crippen molar-refractivity contribution in [3.8, 4) is 12.3 Å². The van der Waals surface area contributed by atoms with Gasteiger partial charge in [-0.25, -0.2) is 4.98 Å². The molecule has 0 spiro atoms. The minimum Gasteiger partial charge on any atom is -0.369 e. The number of rotatable bonds is 5. The number of nitrogens with one attached hydrogen (secondary N) is 1. The van der Waals surface area contributed by atoms with Crippen molar-refractivity contribution in [3.63, 3.8) is 0 Å². The maximum absolute atomic E-state index is 5.17. The third kappa shape index (κ3) is 3.99. The van der Waals surface area contributed by atoms with Crippen LogP contribution in [-0.4, -0.2) is 16.5 Å².